The Labute approximate surface area is 123 Å². The minimum atomic E-state index is 0.339. The molecule has 20 heavy (non-hydrogen) atoms. The molecule has 5 aliphatic rings. The van der Waals surface area contributed by atoms with Crippen LogP contribution < -0.4 is 0 Å². The minimum absolute atomic E-state index is 0.339. The monoisotopic (exact) mass is 272 g/mol. The molecule has 0 atom stereocenters. The number of piperidine rings is 1. The number of nitrogens with zero attached hydrogens (tertiary/aromatic N) is 2. The molecule has 2 nitrogen and oxygen atoms in total. The molecule has 0 spiro atoms. The molecular formula is C18H28N2. The Morgan fingerprint density at radius 2 is 1.50 bits per heavy atom. The second-order valence-electron chi connectivity index (χ2n) is 8.41. The third kappa shape index (κ3) is 2.39. The standard InChI is InChI=1S/C18H28N2/c19-13-14-1-4-20(5-2-14)6-3-18-10-15-7-16(11-18)9-17(8-15)12-18/h14-17H,1-12H2. The summed E-state index contributed by atoms with van der Waals surface area (Å²) in [6.45, 7) is 3.65. The Morgan fingerprint density at radius 1 is 0.950 bits per heavy atom. The molecule has 1 heterocycles. The lowest BCUT2D eigenvalue weighted by Gasteiger charge is -2.57. The normalized spacial score (nSPS) is 44.6. The molecule has 0 unspecified atom stereocenters. The number of hydrogen-bond acceptors (Lipinski definition) is 2. The minimum Gasteiger partial charge on any atom is -0.303 e. The molecule has 5 fully saturated rings. The van der Waals surface area contributed by atoms with E-state index < -0.39 is 0 Å². The van der Waals surface area contributed by atoms with Crippen molar-refractivity contribution in [1.82, 2.24) is 4.90 Å². The van der Waals surface area contributed by atoms with E-state index >= 15 is 0 Å². The second-order valence-corrected chi connectivity index (χ2v) is 8.41. The summed E-state index contributed by atoms with van der Waals surface area (Å²) in [5.41, 5.74) is 0.737. The van der Waals surface area contributed by atoms with Gasteiger partial charge in [0.25, 0.3) is 0 Å². The maximum atomic E-state index is 8.99. The van der Waals surface area contributed by atoms with E-state index in [1.54, 1.807) is 38.5 Å². The van der Waals surface area contributed by atoms with Crippen LogP contribution in [0.5, 0.6) is 0 Å². The summed E-state index contributed by atoms with van der Waals surface area (Å²) in [6, 6.07) is 2.45. The highest BCUT2D eigenvalue weighted by Gasteiger charge is 2.50. The van der Waals surface area contributed by atoms with E-state index in [4.69, 9.17) is 5.26 Å². The number of hydrogen-bond donors (Lipinski definition) is 0. The summed E-state index contributed by atoms with van der Waals surface area (Å²) < 4.78 is 0. The lowest BCUT2D eigenvalue weighted by molar-refractivity contribution is -0.0616. The highest BCUT2D eigenvalue weighted by molar-refractivity contribution is 5.01. The Morgan fingerprint density at radius 3 is 2.00 bits per heavy atom. The Bertz CT molecular complexity index is 365. The van der Waals surface area contributed by atoms with Gasteiger partial charge in [-0.1, -0.05) is 0 Å². The van der Waals surface area contributed by atoms with Crippen molar-refractivity contribution in [3.05, 3.63) is 0 Å². The Kier molecular flexibility index (Phi) is 3.30. The van der Waals surface area contributed by atoms with Crippen LogP contribution in [0.1, 0.15) is 57.8 Å². The molecule has 0 aromatic heterocycles. The SMILES string of the molecule is N#CC1CCN(CCC23CC4CC(CC(C4)C2)C3)CC1. The first-order valence-corrected chi connectivity index (χ1v) is 8.87. The van der Waals surface area contributed by atoms with Gasteiger partial charge in [-0.05, 0) is 101 Å². The first-order chi connectivity index (χ1) is 9.75. The fourth-order valence-electron chi connectivity index (χ4n) is 6.28. The van der Waals surface area contributed by atoms with Gasteiger partial charge < -0.3 is 4.90 Å². The van der Waals surface area contributed by atoms with Crippen LogP contribution in [0.3, 0.4) is 0 Å². The summed E-state index contributed by atoms with van der Waals surface area (Å²) in [5.74, 6) is 3.60. The zero-order valence-corrected chi connectivity index (χ0v) is 12.7. The van der Waals surface area contributed by atoms with Crippen LogP contribution in [0.2, 0.25) is 0 Å². The fraction of sp³-hybridized carbons (Fsp3) is 0.944. The van der Waals surface area contributed by atoms with Crippen molar-refractivity contribution in [2.75, 3.05) is 19.6 Å². The molecule has 0 radical (unpaired) electrons. The third-order valence-corrected chi connectivity index (χ3v) is 6.89. The predicted molar refractivity (Wildman–Crippen MR) is 80.0 cm³/mol. The van der Waals surface area contributed by atoms with E-state index in [9.17, 15) is 0 Å². The van der Waals surface area contributed by atoms with Gasteiger partial charge in [0.05, 0.1) is 6.07 Å². The zero-order valence-electron chi connectivity index (χ0n) is 12.7. The predicted octanol–water partition coefficient (Wildman–Crippen LogP) is 3.83. The molecule has 2 heteroatoms. The average Bonchev–Trinajstić information content (AvgIpc) is 2.44. The highest BCUT2D eigenvalue weighted by atomic mass is 15.1. The van der Waals surface area contributed by atoms with Gasteiger partial charge in [0.1, 0.15) is 0 Å². The molecule has 0 aromatic rings. The maximum Gasteiger partial charge on any atom is 0.0656 e. The molecule has 5 rings (SSSR count). The van der Waals surface area contributed by atoms with E-state index in [1.807, 2.05) is 0 Å². The topological polar surface area (TPSA) is 27.0 Å². The van der Waals surface area contributed by atoms with Gasteiger partial charge in [0.15, 0.2) is 0 Å². The van der Waals surface area contributed by atoms with Crippen LogP contribution in [0.4, 0.5) is 0 Å². The van der Waals surface area contributed by atoms with Gasteiger partial charge in [-0.2, -0.15) is 5.26 Å². The quantitative estimate of drug-likeness (QED) is 0.780. The largest absolute Gasteiger partial charge is 0.303 e. The van der Waals surface area contributed by atoms with Gasteiger partial charge in [-0.15, -0.1) is 0 Å². The van der Waals surface area contributed by atoms with Crippen molar-refractivity contribution < 1.29 is 0 Å². The second kappa shape index (κ2) is 5.02. The van der Waals surface area contributed by atoms with Crippen LogP contribution in [-0.2, 0) is 0 Å². The van der Waals surface area contributed by atoms with Gasteiger partial charge in [-0.25, -0.2) is 0 Å². The van der Waals surface area contributed by atoms with Crippen LogP contribution >= 0.6 is 0 Å². The van der Waals surface area contributed by atoms with E-state index in [1.165, 1.54) is 26.1 Å². The first kappa shape index (κ1) is 13.1. The maximum absolute atomic E-state index is 8.99. The van der Waals surface area contributed by atoms with Crippen molar-refractivity contribution in [3.63, 3.8) is 0 Å². The zero-order chi connectivity index (χ0) is 13.6. The van der Waals surface area contributed by atoms with Gasteiger partial charge >= 0.3 is 0 Å². The van der Waals surface area contributed by atoms with Crippen LogP contribution in [0.15, 0.2) is 0 Å². The summed E-state index contributed by atoms with van der Waals surface area (Å²) in [7, 11) is 0. The van der Waals surface area contributed by atoms with Crippen molar-refractivity contribution in [3.8, 4) is 6.07 Å². The first-order valence-electron chi connectivity index (χ1n) is 8.87. The molecule has 110 valence electrons. The highest BCUT2D eigenvalue weighted by Crippen LogP contribution is 2.61. The molecule has 1 saturated heterocycles. The van der Waals surface area contributed by atoms with Crippen molar-refractivity contribution in [1.29, 1.82) is 5.26 Å². The van der Waals surface area contributed by atoms with Crippen molar-refractivity contribution in [2.45, 2.75) is 57.8 Å². The molecule has 4 aliphatic carbocycles. The molecule has 4 bridgehead atoms. The smallest absolute Gasteiger partial charge is 0.0656 e. The van der Waals surface area contributed by atoms with Crippen LogP contribution in [0.25, 0.3) is 0 Å². The molecular weight excluding hydrogens is 244 g/mol. The molecule has 1 aliphatic heterocycles. The number of likely N-dealkylation sites (tertiary alicyclic amines) is 1. The van der Waals surface area contributed by atoms with Crippen molar-refractivity contribution in [2.24, 2.45) is 29.1 Å². The molecule has 4 saturated carbocycles. The summed E-state index contributed by atoms with van der Waals surface area (Å²) in [5, 5.41) is 8.99. The van der Waals surface area contributed by atoms with E-state index in [-0.39, 0.29) is 0 Å². The summed E-state index contributed by atoms with van der Waals surface area (Å²) >= 11 is 0. The van der Waals surface area contributed by atoms with Gasteiger partial charge in [0, 0.05) is 5.92 Å². The fourth-order valence-corrected chi connectivity index (χ4v) is 6.28. The summed E-state index contributed by atoms with van der Waals surface area (Å²) in [4.78, 5) is 2.65. The third-order valence-electron chi connectivity index (χ3n) is 6.89. The Hall–Kier alpha value is -0.550. The average molecular weight is 272 g/mol. The van der Waals surface area contributed by atoms with E-state index in [2.05, 4.69) is 11.0 Å². The van der Waals surface area contributed by atoms with Gasteiger partial charge in [-0.3, -0.25) is 0 Å². The van der Waals surface area contributed by atoms with Gasteiger partial charge in [0.2, 0.25) is 0 Å². The van der Waals surface area contributed by atoms with Crippen molar-refractivity contribution >= 4 is 0 Å². The molecule has 0 aromatic carbocycles. The van der Waals surface area contributed by atoms with E-state index in [0.717, 1.165) is 36.0 Å². The van der Waals surface area contributed by atoms with E-state index in [0.29, 0.717) is 5.92 Å². The molecule has 0 amide bonds. The summed E-state index contributed by atoms with van der Waals surface area (Å²) in [6.07, 6.45) is 13.0. The number of rotatable bonds is 3. The lowest BCUT2D eigenvalue weighted by atomic mass is 9.49. The Balaban J connectivity index is 1.33. The van der Waals surface area contributed by atoms with Crippen LogP contribution in [0, 0.1) is 40.4 Å². The van der Waals surface area contributed by atoms with Crippen LogP contribution in [-0.4, -0.2) is 24.5 Å². The lowest BCUT2D eigenvalue weighted by Crippen LogP contribution is -2.47. The number of nitriles is 1. The molecule has 0 N–H and O–H groups in total.